The second kappa shape index (κ2) is 8.27. The summed E-state index contributed by atoms with van der Waals surface area (Å²) in [5, 5.41) is 0. The van der Waals surface area contributed by atoms with Gasteiger partial charge in [-0.2, -0.15) is 0 Å². The molecule has 0 aliphatic carbocycles. The Labute approximate surface area is 165 Å². The average molecular weight is 391 g/mol. The van der Waals surface area contributed by atoms with Gasteiger partial charge in [-0.1, -0.05) is 0 Å². The van der Waals surface area contributed by atoms with Gasteiger partial charge < -0.3 is 9.80 Å². The van der Waals surface area contributed by atoms with Crippen molar-refractivity contribution in [3.8, 4) is 0 Å². The number of piperidine rings is 2. The van der Waals surface area contributed by atoms with Gasteiger partial charge in [-0.25, -0.2) is 4.98 Å². The van der Waals surface area contributed by atoms with Gasteiger partial charge >= 0.3 is 0 Å². The van der Waals surface area contributed by atoms with Gasteiger partial charge in [0.2, 0.25) is 5.91 Å². The molecule has 0 saturated carbocycles. The summed E-state index contributed by atoms with van der Waals surface area (Å²) in [5.41, 5.74) is 2.59. The predicted octanol–water partition coefficient (Wildman–Crippen LogP) is 2.39. The monoisotopic (exact) mass is 390 g/mol. The quantitative estimate of drug-likeness (QED) is 0.795. The number of hydrogen-bond acceptors (Lipinski definition) is 5. The van der Waals surface area contributed by atoms with Crippen molar-refractivity contribution in [3.05, 3.63) is 16.1 Å². The molecule has 1 aromatic rings. The number of nitrogens with zero attached hydrogens (tertiary/aromatic N) is 4. The largest absolute Gasteiger partial charge is 0.342 e. The molecule has 3 aliphatic heterocycles. The Balaban J connectivity index is 1.30. The van der Waals surface area contributed by atoms with Gasteiger partial charge in [-0.15, -0.1) is 11.3 Å². The molecular formula is C20H30N4O2S. The standard InChI is InChI=1S/C20H30N4O2S/c1-15-18(27-14-21-15)20(26)23-11-6-17(7-12-23)24-10-4-5-16(13-24)19(25)22-8-2-3-9-22/h14,16-17H,2-13H2,1H3/t16-/m1/s1. The Hall–Kier alpha value is -1.47. The normalized spacial score (nSPS) is 25.1. The molecule has 4 heterocycles. The van der Waals surface area contributed by atoms with Crippen LogP contribution >= 0.6 is 11.3 Å². The summed E-state index contributed by atoms with van der Waals surface area (Å²) in [6.45, 7) is 7.42. The Morgan fingerprint density at radius 2 is 1.74 bits per heavy atom. The molecule has 0 aromatic carbocycles. The predicted molar refractivity (Wildman–Crippen MR) is 106 cm³/mol. The number of thiazole rings is 1. The number of aryl methyl sites for hydroxylation is 1. The van der Waals surface area contributed by atoms with E-state index in [0.717, 1.165) is 88.4 Å². The van der Waals surface area contributed by atoms with E-state index in [1.54, 1.807) is 5.51 Å². The van der Waals surface area contributed by atoms with E-state index in [4.69, 9.17) is 0 Å². The van der Waals surface area contributed by atoms with Crippen molar-refractivity contribution in [2.75, 3.05) is 39.3 Å². The Bertz CT molecular complexity index is 677. The van der Waals surface area contributed by atoms with Crippen molar-refractivity contribution in [2.45, 2.75) is 51.5 Å². The van der Waals surface area contributed by atoms with Crippen LogP contribution < -0.4 is 0 Å². The highest BCUT2D eigenvalue weighted by Gasteiger charge is 2.35. The number of carbonyl (C=O) groups is 2. The molecule has 3 fully saturated rings. The Morgan fingerprint density at radius 3 is 2.41 bits per heavy atom. The topological polar surface area (TPSA) is 56.8 Å². The third-order valence-electron chi connectivity index (χ3n) is 6.43. The number of likely N-dealkylation sites (tertiary alicyclic amines) is 3. The maximum Gasteiger partial charge on any atom is 0.265 e. The molecule has 0 N–H and O–H groups in total. The first-order valence-electron chi connectivity index (χ1n) is 10.4. The van der Waals surface area contributed by atoms with Crippen LogP contribution in [0.5, 0.6) is 0 Å². The van der Waals surface area contributed by atoms with Crippen LogP contribution in [0.25, 0.3) is 0 Å². The van der Waals surface area contributed by atoms with E-state index >= 15 is 0 Å². The first kappa shape index (κ1) is 18.9. The van der Waals surface area contributed by atoms with Crippen molar-refractivity contribution >= 4 is 23.2 Å². The van der Waals surface area contributed by atoms with E-state index in [1.165, 1.54) is 11.3 Å². The molecular weight excluding hydrogens is 360 g/mol. The van der Waals surface area contributed by atoms with E-state index in [2.05, 4.69) is 14.8 Å². The zero-order valence-electron chi connectivity index (χ0n) is 16.2. The van der Waals surface area contributed by atoms with Gasteiger partial charge in [0.05, 0.1) is 17.1 Å². The highest BCUT2D eigenvalue weighted by atomic mass is 32.1. The van der Waals surface area contributed by atoms with Crippen molar-refractivity contribution in [1.29, 1.82) is 0 Å². The van der Waals surface area contributed by atoms with Crippen LogP contribution in [-0.4, -0.2) is 76.8 Å². The molecule has 148 valence electrons. The minimum absolute atomic E-state index is 0.134. The highest BCUT2D eigenvalue weighted by Crippen LogP contribution is 2.27. The van der Waals surface area contributed by atoms with Gasteiger partial charge in [0.15, 0.2) is 0 Å². The first-order valence-corrected chi connectivity index (χ1v) is 11.2. The molecule has 27 heavy (non-hydrogen) atoms. The van der Waals surface area contributed by atoms with Crippen LogP contribution in [0.2, 0.25) is 0 Å². The van der Waals surface area contributed by atoms with E-state index < -0.39 is 0 Å². The zero-order chi connectivity index (χ0) is 18.8. The average Bonchev–Trinajstić information content (AvgIpc) is 3.39. The van der Waals surface area contributed by atoms with Crippen LogP contribution in [-0.2, 0) is 4.79 Å². The molecule has 4 rings (SSSR count). The van der Waals surface area contributed by atoms with Crippen molar-refractivity contribution in [1.82, 2.24) is 19.7 Å². The summed E-state index contributed by atoms with van der Waals surface area (Å²) >= 11 is 1.44. The third kappa shape index (κ3) is 4.04. The molecule has 7 heteroatoms. The first-order chi connectivity index (χ1) is 13.1. The molecule has 0 unspecified atom stereocenters. The van der Waals surface area contributed by atoms with Gasteiger partial charge in [0, 0.05) is 38.8 Å². The van der Waals surface area contributed by atoms with Crippen molar-refractivity contribution in [3.63, 3.8) is 0 Å². The summed E-state index contributed by atoms with van der Waals surface area (Å²) in [4.78, 5) is 37.0. The molecule has 3 saturated heterocycles. The minimum atomic E-state index is 0.134. The summed E-state index contributed by atoms with van der Waals surface area (Å²) in [6.07, 6.45) is 6.49. The number of carbonyl (C=O) groups excluding carboxylic acids is 2. The zero-order valence-corrected chi connectivity index (χ0v) is 17.0. The van der Waals surface area contributed by atoms with Crippen LogP contribution in [0.4, 0.5) is 0 Å². The van der Waals surface area contributed by atoms with Crippen LogP contribution in [0.1, 0.15) is 53.9 Å². The molecule has 2 amide bonds. The van der Waals surface area contributed by atoms with Gasteiger partial charge in [-0.3, -0.25) is 14.5 Å². The molecule has 1 atom stereocenters. The van der Waals surface area contributed by atoms with E-state index in [1.807, 2.05) is 11.8 Å². The molecule has 1 aromatic heterocycles. The van der Waals surface area contributed by atoms with Crippen molar-refractivity contribution < 1.29 is 9.59 Å². The van der Waals surface area contributed by atoms with Crippen LogP contribution in [0.15, 0.2) is 5.51 Å². The van der Waals surface area contributed by atoms with Crippen LogP contribution in [0.3, 0.4) is 0 Å². The van der Waals surface area contributed by atoms with E-state index in [9.17, 15) is 9.59 Å². The van der Waals surface area contributed by atoms with E-state index in [0.29, 0.717) is 11.9 Å². The molecule has 0 spiro atoms. The smallest absolute Gasteiger partial charge is 0.265 e. The molecule has 3 aliphatic rings. The SMILES string of the molecule is Cc1ncsc1C(=O)N1CCC(N2CCC[C@@H](C(=O)N3CCCC3)C2)CC1. The number of rotatable bonds is 3. The fourth-order valence-corrected chi connectivity index (χ4v) is 5.59. The number of hydrogen-bond donors (Lipinski definition) is 0. The lowest BCUT2D eigenvalue weighted by molar-refractivity contribution is -0.136. The van der Waals surface area contributed by atoms with Gasteiger partial charge in [0.25, 0.3) is 5.91 Å². The molecule has 0 radical (unpaired) electrons. The maximum atomic E-state index is 12.8. The summed E-state index contributed by atoms with van der Waals surface area (Å²) < 4.78 is 0. The summed E-state index contributed by atoms with van der Waals surface area (Å²) in [6, 6.07) is 0.505. The lowest BCUT2D eigenvalue weighted by atomic mass is 9.93. The van der Waals surface area contributed by atoms with Crippen LogP contribution in [0, 0.1) is 12.8 Å². The lowest BCUT2D eigenvalue weighted by Crippen LogP contribution is -2.51. The molecule has 0 bridgehead atoms. The van der Waals surface area contributed by atoms with Crippen molar-refractivity contribution in [2.24, 2.45) is 5.92 Å². The summed E-state index contributed by atoms with van der Waals surface area (Å²) in [7, 11) is 0. The summed E-state index contributed by atoms with van der Waals surface area (Å²) in [5.74, 6) is 0.691. The van der Waals surface area contributed by atoms with Gasteiger partial charge in [-0.05, 0) is 52.0 Å². The maximum absolute atomic E-state index is 12.8. The highest BCUT2D eigenvalue weighted by molar-refractivity contribution is 7.11. The molecule has 6 nitrogen and oxygen atoms in total. The van der Waals surface area contributed by atoms with Gasteiger partial charge in [0.1, 0.15) is 4.88 Å². The second-order valence-corrected chi connectivity index (χ2v) is 9.01. The van der Waals surface area contributed by atoms with E-state index in [-0.39, 0.29) is 11.8 Å². The Morgan fingerprint density at radius 1 is 1.00 bits per heavy atom. The number of amides is 2. The second-order valence-electron chi connectivity index (χ2n) is 8.16. The fourth-order valence-electron chi connectivity index (χ4n) is 4.82. The fraction of sp³-hybridized carbons (Fsp3) is 0.750. The number of aromatic nitrogens is 1. The minimum Gasteiger partial charge on any atom is -0.342 e. The Kier molecular flexibility index (Phi) is 5.78. The third-order valence-corrected chi connectivity index (χ3v) is 7.34. The lowest BCUT2D eigenvalue weighted by Gasteiger charge is -2.42.